The van der Waals surface area contributed by atoms with E-state index in [0.29, 0.717) is 22.1 Å². The summed E-state index contributed by atoms with van der Waals surface area (Å²) in [6.45, 7) is 1.35. The van der Waals surface area contributed by atoms with E-state index >= 15 is 0 Å². The number of thiophene rings is 1. The monoisotopic (exact) mass is 349 g/mol. The summed E-state index contributed by atoms with van der Waals surface area (Å²) in [5.74, 6) is -0.171. The normalized spacial score (nSPS) is 11.3. The Balaban J connectivity index is 1.91. The van der Waals surface area contributed by atoms with Gasteiger partial charge in [-0.3, -0.25) is 4.79 Å². The van der Waals surface area contributed by atoms with Gasteiger partial charge in [-0.2, -0.15) is 5.10 Å². The van der Waals surface area contributed by atoms with Crippen molar-refractivity contribution in [1.82, 2.24) is 24.8 Å². The minimum atomic E-state index is -0.171. The van der Waals surface area contributed by atoms with E-state index in [2.05, 4.69) is 15.4 Å². The van der Waals surface area contributed by atoms with Crippen molar-refractivity contribution in [2.45, 2.75) is 0 Å². The molecule has 8 heteroatoms. The van der Waals surface area contributed by atoms with Crippen molar-refractivity contribution in [2.24, 2.45) is 0 Å². The molecule has 0 radical (unpaired) electrons. The van der Waals surface area contributed by atoms with Gasteiger partial charge in [0.15, 0.2) is 5.65 Å². The number of halogens is 1. The minimum Gasteiger partial charge on any atom is -0.351 e. The second-order valence-electron chi connectivity index (χ2n) is 5.29. The highest BCUT2D eigenvalue weighted by molar-refractivity contribution is 7.19. The molecule has 0 saturated carbocycles. The zero-order valence-electron chi connectivity index (χ0n) is 12.8. The summed E-state index contributed by atoms with van der Waals surface area (Å²) in [5.41, 5.74) is 1.86. The van der Waals surface area contributed by atoms with E-state index in [0.717, 1.165) is 17.1 Å². The number of carbonyl (C=O) groups excluding carboxylic acids is 1. The fraction of sp³-hybridized carbons (Fsp3) is 0.267. The van der Waals surface area contributed by atoms with Gasteiger partial charge >= 0.3 is 0 Å². The number of hydrogen-bond acceptors (Lipinski definition) is 5. The number of aromatic nitrogens is 3. The van der Waals surface area contributed by atoms with Crippen molar-refractivity contribution in [3.63, 3.8) is 0 Å². The SMILES string of the molecule is CN(C)CCNC(=O)c1cnn2c(-c3ccc(Cl)s3)ccnc12. The fourth-order valence-electron chi connectivity index (χ4n) is 2.18. The molecule has 0 aliphatic heterocycles. The molecule has 3 heterocycles. The molecule has 0 saturated heterocycles. The largest absolute Gasteiger partial charge is 0.351 e. The zero-order valence-corrected chi connectivity index (χ0v) is 14.4. The number of amides is 1. The molecule has 0 aromatic carbocycles. The number of nitrogens with zero attached hydrogens (tertiary/aromatic N) is 4. The van der Waals surface area contributed by atoms with Gasteiger partial charge in [0.2, 0.25) is 0 Å². The molecule has 120 valence electrons. The number of nitrogens with one attached hydrogen (secondary N) is 1. The standard InChI is InChI=1S/C15H16ClN5OS/c1-20(2)8-7-18-15(22)10-9-19-21-11(5-6-17-14(10)21)12-3-4-13(16)23-12/h3-6,9H,7-8H2,1-2H3,(H,18,22). The molecule has 1 amide bonds. The third-order valence-corrected chi connectivity index (χ3v) is 4.57. The number of likely N-dealkylation sites (N-methyl/N-ethyl adjacent to an activating group) is 1. The average Bonchev–Trinajstić information content (AvgIpc) is 3.12. The number of fused-ring (bicyclic) bond motifs is 1. The van der Waals surface area contributed by atoms with E-state index in [1.165, 1.54) is 11.3 Å². The highest BCUT2D eigenvalue weighted by Crippen LogP contribution is 2.31. The lowest BCUT2D eigenvalue weighted by molar-refractivity contribution is 0.0952. The molecule has 0 unspecified atom stereocenters. The van der Waals surface area contributed by atoms with Crippen molar-refractivity contribution >= 4 is 34.5 Å². The van der Waals surface area contributed by atoms with Crippen molar-refractivity contribution in [1.29, 1.82) is 0 Å². The molecule has 0 bridgehead atoms. The van der Waals surface area contributed by atoms with Crippen LogP contribution in [-0.4, -0.2) is 52.6 Å². The van der Waals surface area contributed by atoms with Gasteiger partial charge in [0.1, 0.15) is 5.56 Å². The number of rotatable bonds is 5. The molecule has 3 aromatic heterocycles. The first-order chi connectivity index (χ1) is 11.1. The maximum absolute atomic E-state index is 12.3. The van der Waals surface area contributed by atoms with Crippen LogP contribution < -0.4 is 5.32 Å². The van der Waals surface area contributed by atoms with Crippen LogP contribution in [-0.2, 0) is 0 Å². The van der Waals surface area contributed by atoms with Crippen LogP contribution >= 0.6 is 22.9 Å². The van der Waals surface area contributed by atoms with E-state index in [1.54, 1.807) is 16.9 Å². The van der Waals surface area contributed by atoms with E-state index in [1.807, 2.05) is 37.2 Å². The molecule has 23 heavy (non-hydrogen) atoms. The van der Waals surface area contributed by atoms with Crippen molar-refractivity contribution in [2.75, 3.05) is 27.2 Å². The van der Waals surface area contributed by atoms with Gasteiger partial charge in [-0.05, 0) is 32.3 Å². The Bertz CT molecular complexity index is 841. The molecule has 0 atom stereocenters. The molecular weight excluding hydrogens is 334 g/mol. The van der Waals surface area contributed by atoms with Gasteiger partial charge in [-0.1, -0.05) is 11.6 Å². The third kappa shape index (κ3) is 3.36. The summed E-state index contributed by atoms with van der Waals surface area (Å²) in [5, 5.41) is 7.19. The fourth-order valence-corrected chi connectivity index (χ4v) is 3.23. The summed E-state index contributed by atoms with van der Waals surface area (Å²) in [7, 11) is 3.92. The van der Waals surface area contributed by atoms with Gasteiger partial charge < -0.3 is 10.2 Å². The van der Waals surface area contributed by atoms with Crippen LogP contribution in [0.15, 0.2) is 30.6 Å². The highest BCUT2D eigenvalue weighted by Gasteiger charge is 2.16. The first-order valence-electron chi connectivity index (χ1n) is 7.07. The Morgan fingerprint density at radius 2 is 2.22 bits per heavy atom. The molecule has 0 aliphatic carbocycles. The summed E-state index contributed by atoms with van der Waals surface area (Å²) >= 11 is 7.47. The molecule has 1 N–H and O–H groups in total. The van der Waals surface area contributed by atoms with Crippen LogP contribution in [0, 0.1) is 0 Å². The van der Waals surface area contributed by atoms with Gasteiger partial charge in [-0.15, -0.1) is 11.3 Å². The van der Waals surface area contributed by atoms with Crippen LogP contribution in [0.1, 0.15) is 10.4 Å². The van der Waals surface area contributed by atoms with E-state index in [4.69, 9.17) is 11.6 Å². The third-order valence-electron chi connectivity index (χ3n) is 3.32. The summed E-state index contributed by atoms with van der Waals surface area (Å²) in [4.78, 5) is 19.6. The lowest BCUT2D eigenvalue weighted by atomic mass is 10.3. The lowest BCUT2D eigenvalue weighted by Gasteiger charge is -2.09. The quantitative estimate of drug-likeness (QED) is 0.768. The maximum Gasteiger partial charge on any atom is 0.256 e. The first kappa shape index (κ1) is 15.9. The minimum absolute atomic E-state index is 0.171. The van der Waals surface area contributed by atoms with Crippen LogP contribution in [0.3, 0.4) is 0 Å². The summed E-state index contributed by atoms with van der Waals surface area (Å²) < 4.78 is 2.38. The highest BCUT2D eigenvalue weighted by atomic mass is 35.5. The van der Waals surface area contributed by atoms with Gasteiger partial charge in [0.25, 0.3) is 5.91 Å². The molecule has 0 fully saturated rings. The van der Waals surface area contributed by atoms with Crippen LogP contribution in [0.25, 0.3) is 16.2 Å². The Labute approximate surface area is 142 Å². The molecule has 3 aromatic rings. The molecular formula is C15H16ClN5OS. The average molecular weight is 350 g/mol. The van der Waals surface area contributed by atoms with Crippen LogP contribution in [0.2, 0.25) is 4.34 Å². The van der Waals surface area contributed by atoms with E-state index in [9.17, 15) is 4.79 Å². The van der Waals surface area contributed by atoms with Crippen molar-refractivity contribution in [3.8, 4) is 10.6 Å². The van der Waals surface area contributed by atoms with Crippen molar-refractivity contribution < 1.29 is 4.79 Å². The summed E-state index contributed by atoms with van der Waals surface area (Å²) in [6, 6.07) is 5.63. The van der Waals surface area contributed by atoms with Gasteiger partial charge in [-0.25, -0.2) is 9.50 Å². The van der Waals surface area contributed by atoms with Gasteiger partial charge in [0, 0.05) is 19.3 Å². The molecule has 3 rings (SSSR count). The van der Waals surface area contributed by atoms with E-state index < -0.39 is 0 Å². The van der Waals surface area contributed by atoms with Crippen LogP contribution in [0.4, 0.5) is 0 Å². The van der Waals surface area contributed by atoms with Crippen molar-refractivity contribution in [3.05, 3.63) is 40.5 Å². The maximum atomic E-state index is 12.3. The Morgan fingerprint density at radius 3 is 2.91 bits per heavy atom. The Morgan fingerprint density at radius 1 is 1.39 bits per heavy atom. The predicted molar refractivity (Wildman–Crippen MR) is 92.2 cm³/mol. The number of hydrogen-bond donors (Lipinski definition) is 1. The summed E-state index contributed by atoms with van der Waals surface area (Å²) in [6.07, 6.45) is 3.22. The van der Waals surface area contributed by atoms with E-state index in [-0.39, 0.29) is 5.91 Å². The molecule has 6 nitrogen and oxygen atoms in total. The Hall–Kier alpha value is -1.96. The second-order valence-corrected chi connectivity index (χ2v) is 7.00. The smallest absolute Gasteiger partial charge is 0.256 e. The second kappa shape index (κ2) is 6.66. The Kier molecular flexibility index (Phi) is 4.61. The predicted octanol–water partition coefficient (Wildman–Crippen LogP) is 2.40. The molecule has 0 aliphatic rings. The van der Waals surface area contributed by atoms with Gasteiger partial charge in [0.05, 0.1) is 21.1 Å². The van der Waals surface area contributed by atoms with Crippen LogP contribution in [0.5, 0.6) is 0 Å². The topological polar surface area (TPSA) is 62.5 Å². The number of carbonyl (C=O) groups is 1. The zero-order chi connectivity index (χ0) is 16.4. The first-order valence-corrected chi connectivity index (χ1v) is 8.27. The molecule has 0 spiro atoms. The lowest BCUT2D eigenvalue weighted by Crippen LogP contribution is -2.31.